The lowest BCUT2D eigenvalue weighted by atomic mass is 10.0. The molecule has 0 saturated carbocycles. The number of rotatable bonds is 56. The first-order valence-corrected chi connectivity index (χ1v) is 29.5. The molecular weight excluding hydrogens is 735 g/mol. The molecule has 0 fully saturated rings. The third-order valence-corrected chi connectivity index (χ3v) is 13.9. The predicted molar refractivity (Wildman–Crippen MR) is 282 cm³/mol. The summed E-state index contributed by atoms with van der Waals surface area (Å²) in [5.41, 5.74) is 0. The minimum absolute atomic E-state index is 1.22. The molecule has 1 heteroatoms. The van der Waals surface area contributed by atoms with Crippen LogP contribution in [0, 0.1) is 0 Å². The Balaban J connectivity index is 3.14. The minimum Gasteiger partial charge on any atom is -0.368 e. The standard InChI is InChI=1S/C60H119N/c1-3-5-7-9-11-13-15-17-19-21-23-25-27-29-31-33-35-37-39-41-43-45-47-49-51-53-55-57-59-61-60-58-56-54-52-50-48-46-44-42-40-38-36-34-32-30-28-26-24-22-20-18-16-14-12-10-8-6-4-2/h57-61H,3-56H2,1-2H3/b59-57+,60-58+. The Bertz CT molecular complexity index is 718. The molecule has 0 unspecified atom stereocenters. The lowest BCUT2D eigenvalue weighted by molar-refractivity contribution is 0.515. The molecule has 1 N–H and O–H groups in total. The monoisotopic (exact) mass is 854 g/mol. The predicted octanol–water partition coefficient (Wildman–Crippen LogP) is 22.7. The maximum absolute atomic E-state index is 3.36. The first kappa shape index (κ1) is 60.3. The highest BCUT2D eigenvalue weighted by atomic mass is 14.8. The van der Waals surface area contributed by atoms with Crippen LogP contribution in [0.4, 0.5) is 0 Å². The normalized spacial score (nSPS) is 11.9. The zero-order valence-corrected chi connectivity index (χ0v) is 43.0. The van der Waals surface area contributed by atoms with Gasteiger partial charge in [-0.3, -0.25) is 0 Å². The highest BCUT2D eigenvalue weighted by molar-refractivity contribution is 4.88. The summed E-state index contributed by atoms with van der Waals surface area (Å²) >= 11 is 0. The zero-order chi connectivity index (χ0) is 43.7. The Morgan fingerprint density at radius 3 is 0.459 bits per heavy atom. The number of hydrogen-bond donors (Lipinski definition) is 1. The second kappa shape index (κ2) is 59.3. The second-order valence-electron chi connectivity index (χ2n) is 20.2. The lowest BCUT2D eigenvalue weighted by Gasteiger charge is -2.04. The van der Waals surface area contributed by atoms with E-state index >= 15 is 0 Å². The lowest BCUT2D eigenvalue weighted by Crippen LogP contribution is -1.91. The molecule has 0 aliphatic heterocycles. The van der Waals surface area contributed by atoms with Gasteiger partial charge in [-0.05, 0) is 38.1 Å². The van der Waals surface area contributed by atoms with Crippen LogP contribution in [-0.4, -0.2) is 0 Å². The summed E-state index contributed by atoms with van der Waals surface area (Å²) in [5, 5.41) is 3.36. The topological polar surface area (TPSA) is 12.0 Å². The van der Waals surface area contributed by atoms with Crippen LogP contribution in [0.2, 0.25) is 0 Å². The summed E-state index contributed by atoms with van der Waals surface area (Å²) in [6, 6.07) is 0. The zero-order valence-electron chi connectivity index (χ0n) is 43.0. The van der Waals surface area contributed by atoms with Gasteiger partial charge in [0.2, 0.25) is 0 Å². The number of nitrogens with one attached hydrogen (secondary N) is 1. The maximum atomic E-state index is 3.36. The van der Waals surface area contributed by atoms with E-state index in [9.17, 15) is 0 Å². The van der Waals surface area contributed by atoms with E-state index in [2.05, 4.69) is 43.7 Å². The quantitative estimate of drug-likeness (QED) is 0.0601. The smallest absolute Gasteiger partial charge is 0.00358 e. The molecule has 0 aromatic heterocycles. The number of unbranched alkanes of at least 4 members (excludes halogenated alkanes) is 52. The van der Waals surface area contributed by atoms with Gasteiger partial charge in [0.15, 0.2) is 0 Å². The highest BCUT2D eigenvalue weighted by Crippen LogP contribution is 2.18. The van der Waals surface area contributed by atoms with Gasteiger partial charge in [-0.25, -0.2) is 0 Å². The van der Waals surface area contributed by atoms with Crippen molar-refractivity contribution in [3.63, 3.8) is 0 Å². The van der Waals surface area contributed by atoms with Gasteiger partial charge in [0.1, 0.15) is 0 Å². The Morgan fingerprint density at radius 2 is 0.311 bits per heavy atom. The van der Waals surface area contributed by atoms with Crippen molar-refractivity contribution in [3.8, 4) is 0 Å². The van der Waals surface area contributed by atoms with Crippen LogP contribution < -0.4 is 5.32 Å². The van der Waals surface area contributed by atoms with Crippen molar-refractivity contribution in [3.05, 3.63) is 24.6 Å². The van der Waals surface area contributed by atoms with E-state index in [1.807, 2.05) is 0 Å². The second-order valence-corrected chi connectivity index (χ2v) is 20.2. The van der Waals surface area contributed by atoms with E-state index in [1.165, 1.54) is 347 Å². The first-order chi connectivity index (χ1) is 30.4. The van der Waals surface area contributed by atoms with E-state index in [0.717, 1.165) is 0 Å². The third kappa shape index (κ3) is 59.3. The summed E-state index contributed by atoms with van der Waals surface area (Å²) in [4.78, 5) is 0. The Morgan fingerprint density at radius 1 is 0.180 bits per heavy atom. The van der Waals surface area contributed by atoms with Crippen molar-refractivity contribution in [2.24, 2.45) is 0 Å². The van der Waals surface area contributed by atoms with Crippen LogP contribution in [-0.2, 0) is 0 Å². The van der Waals surface area contributed by atoms with Gasteiger partial charge >= 0.3 is 0 Å². The van der Waals surface area contributed by atoms with Crippen molar-refractivity contribution in [1.29, 1.82) is 0 Å². The van der Waals surface area contributed by atoms with Crippen molar-refractivity contribution in [2.75, 3.05) is 0 Å². The van der Waals surface area contributed by atoms with E-state index in [4.69, 9.17) is 0 Å². The average molecular weight is 855 g/mol. The van der Waals surface area contributed by atoms with Gasteiger partial charge in [-0.1, -0.05) is 347 Å². The fraction of sp³-hybridized carbons (Fsp3) is 0.933. The maximum Gasteiger partial charge on any atom is -0.00358 e. The van der Waals surface area contributed by atoms with Crippen molar-refractivity contribution < 1.29 is 0 Å². The van der Waals surface area contributed by atoms with Crippen LogP contribution >= 0.6 is 0 Å². The van der Waals surface area contributed by atoms with Crippen LogP contribution in [0.25, 0.3) is 0 Å². The molecule has 364 valence electrons. The average Bonchev–Trinajstić information content (AvgIpc) is 3.27. The van der Waals surface area contributed by atoms with Gasteiger partial charge in [-0.2, -0.15) is 0 Å². The van der Waals surface area contributed by atoms with Crippen molar-refractivity contribution in [2.45, 2.75) is 361 Å². The SMILES string of the molecule is CCCCCCCCCCCCCCCCCCCCCCCCCCCC/C=C/N/C=C/CCCCCCCCCCCCCCCCCCCCCCCCCCCC. The Labute approximate surface area is 388 Å². The summed E-state index contributed by atoms with van der Waals surface area (Å²) < 4.78 is 0. The Kier molecular flexibility index (Phi) is 58.6. The summed E-state index contributed by atoms with van der Waals surface area (Å²) in [7, 11) is 0. The number of allylic oxidation sites excluding steroid dienone is 2. The molecule has 0 rings (SSSR count). The van der Waals surface area contributed by atoms with Gasteiger partial charge in [-0.15, -0.1) is 0 Å². The van der Waals surface area contributed by atoms with E-state index in [0.29, 0.717) is 0 Å². The molecule has 0 saturated heterocycles. The van der Waals surface area contributed by atoms with Gasteiger partial charge in [0.25, 0.3) is 0 Å². The van der Waals surface area contributed by atoms with Gasteiger partial charge < -0.3 is 5.32 Å². The number of hydrogen-bond acceptors (Lipinski definition) is 1. The third-order valence-electron chi connectivity index (χ3n) is 13.9. The minimum atomic E-state index is 1.22. The molecule has 0 amide bonds. The molecule has 0 heterocycles. The van der Waals surface area contributed by atoms with E-state index in [1.54, 1.807) is 0 Å². The summed E-state index contributed by atoms with van der Waals surface area (Å²) in [5.74, 6) is 0. The molecular formula is C60H119N. The molecule has 0 aromatic rings. The Hall–Kier alpha value is -0.720. The van der Waals surface area contributed by atoms with Crippen LogP contribution in [0.1, 0.15) is 361 Å². The summed E-state index contributed by atoms with van der Waals surface area (Å²) in [6.07, 6.45) is 87.5. The fourth-order valence-electron chi connectivity index (χ4n) is 9.51. The molecule has 0 radical (unpaired) electrons. The summed E-state index contributed by atoms with van der Waals surface area (Å²) in [6.45, 7) is 4.62. The molecule has 1 nitrogen and oxygen atoms in total. The van der Waals surface area contributed by atoms with Gasteiger partial charge in [0.05, 0.1) is 0 Å². The van der Waals surface area contributed by atoms with Crippen LogP contribution in [0.3, 0.4) is 0 Å². The molecule has 61 heavy (non-hydrogen) atoms. The first-order valence-electron chi connectivity index (χ1n) is 29.5. The fourth-order valence-corrected chi connectivity index (χ4v) is 9.51. The van der Waals surface area contributed by atoms with Gasteiger partial charge in [0, 0.05) is 0 Å². The molecule has 0 spiro atoms. The van der Waals surface area contributed by atoms with E-state index < -0.39 is 0 Å². The van der Waals surface area contributed by atoms with Crippen LogP contribution in [0.5, 0.6) is 0 Å². The van der Waals surface area contributed by atoms with E-state index in [-0.39, 0.29) is 0 Å². The van der Waals surface area contributed by atoms with Crippen molar-refractivity contribution in [1.82, 2.24) is 5.32 Å². The van der Waals surface area contributed by atoms with Crippen molar-refractivity contribution >= 4 is 0 Å². The molecule has 0 aliphatic carbocycles. The highest BCUT2D eigenvalue weighted by Gasteiger charge is 1.99. The molecule has 0 atom stereocenters. The molecule has 0 bridgehead atoms. The molecule has 0 aliphatic rings. The molecule has 0 aromatic carbocycles. The van der Waals surface area contributed by atoms with Crippen LogP contribution in [0.15, 0.2) is 24.6 Å². The largest absolute Gasteiger partial charge is 0.368 e.